The third-order valence-corrected chi connectivity index (χ3v) is 5.24. The Morgan fingerprint density at radius 3 is 2.72 bits per heavy atom. The summed E-state index contributed by atoms with van der Waals surface area (Å²) in [5.74, 6) is 0.662. The van der Waals surface area contributed by atoms with Crippen LogP contribution in [0.3, 0.4) is 0 Å². The van der Waals surface area contributed by atoms with Crippen molar-refractivity contribution in [1.29, 1.82) is 0 Å². The molecule has 0 aliphatic carbocycles. The molecule has 0 saturated carbocycles. The maximum absolute atomic E-state index is 12.7. The van der Waals surface area contributed by atoms with Crippen LogP contribution in [0.1, 0.15) is 32.5 Å². The van der Waals surface area contributed by atoms with E-state index in [0.717, 1.165) is 0 Å². The fraction of sp³-hybridized carbons (Fsp3) is 0.500. The van der Waals surface area contributed by atoms with Gasteiger partial charge in [-0.05, 0) is 32.0 Å². The van der Waals surface area contributed by atoms with Crippen molar-refractivity contribution in [2.24, 2.45) is 0 Å². The molecule has 0 bridgehead atoms. The van der Waals surface area contributed by atoms with Gasteiger partial charge in [0.05, 0.1) is 26.6 Å². The maximum atomic E-state index is 12.7. The number of piperazine rings is 1. The van der Waals surface area contributed by atoms with Gasteiger partial charge >= 0.3 is 5.97 Å². The Morgan fingerprint density at radius 2 is 2.00 bits per heavy atom. The zero-order valence-corrected chi connectivity index (χ0v) is 18.6. The van der Waals surface area contributed by atoms with Crippen molar-refractivity contribution in [3.05, 3.63) is 30.1 Å². The van der Waals surface area contributed by atoms with E-state index in [0.29, 0.717) is 49.3 Å². The monoisotopic (exact) mass is 444 g/mol. The standard InChI is InChI=1S/C22H28N4O6/c1-4-31-21(29)9-8-19(27)26-11-10-25(14-15(26)2)20(28)13-18-23-22(32-24-18)16-6-5-7-17(12-16)30-3/h5-7,12,15H,4,8-11,13-14H2,1-3H3. The van der Waals surface area contributed by atoms with E-state index in [1.54, 1.807) is 29.9 Å². The molecule has 10 heteroatoms. The number of hydrogen-bond donors (Lipinski definition) is 0. The highest BCUT2D eigenvalue weighted by atomic mass is 16.5. The molecule has 1 fully saturated rings. The topological polar surface area (TPSA) is 115 Å². The normalized spacial score (nSPS) is 16.0. The van der Waals surface area contributed by atoms with Gasteiger partial charge in [0.15, 0.2) is 5.82 Å². The second kappa shape index (κ2) is 10.7. The van der Waals surface area contributed by atoms with Gasteiger partial charge < -0.3 is 23.8 Å². The van der Waals surface area contributed by atoms with Crippen LogP contribution >= 0.6 is 0 Å². The van der Waals surface area contributed by atoms with Crippen LogP contribution in [0, 0.1) is 0 Å². The number of esters is 1. The number of carbonyl (C=O) groups excluding carboxylic acids is 3. The molecular weight excluding hydrogens is 416 g/mol. The number of amides is 2. The molecule has 0 radical (unpaired) electrons. The molecule has 0 N–H and O–H groups in total. The van der Waals surface area contributed by atoms with Gasteiger partial charge in [-0.15, -0.1) is 0 Å². The van der Waals surface area contributed by atoms with Crippen LogP contribution in [-0.4, -0.2) is 77.1 Å². The smallest absolute Gasteiger partial charge is 0.306 e. The fourth-order valence-corrected chi connectivity index (χ4v) is 3.59. The van der Waals surface area contributed by atoms with E-state index in [-0.39, 0.29) is 43.1 Å². The average Bonchev–Trinajstić information content (AvgIpc) is 3.26. The molecule has 32 heavy (non-hydrogen) atoms. The molecule has 0 spiro atoms. The van der Waals surface area contributed by atoms with Gasteiger partial charge in [-0.25, -0.2) is 0 Å². The Hall–Kier alpha value is -3.43. The Morgan fingerprint density at radius 1 is 1.19 bits per heavy atom. The summed E-state index contributed by atoms with van der Waals surface area (Å²) >= 11 is 0. The lowest BCUT2D eigenvalue weighted by molar-refractivity contribution is -0.147. The molecule has 172 valence electrons. The Bertz CT molecular complexity index is 959. The van der Waals surface area contributed by atoms with E-state index >= 15 is 0 Å². The predicted molar refractivity (Wildman–Crippen MR) is 114 cm³/mol. The second-order valence-electron chi connectivity index (χ2n) is 7.51. The number of aromatic nitrogens is 2. The number of rotatable bonds is 8. The van der Waals surface area contributed by atoms with Crippen molar-refractivity contribution in [3.63, 3.8) is 0 Å². The largest absolute Gasteiger partial charge is 0.497 e. The van der Waals surface area contributed by atoms with Gasteiger partial charge in [0.1, 0.15) is 5.75 Å². The van der Waals surface area contributed by atoms with Crippen LogP contribution in [0.2, 0.25) is 0 Å². The summed E-state index contributed by atoms with van der Waals surface area (Å²) in [6.07, 6.45) is 0.177. The summed E-state index contributed by atoms with van der Waals surface area (Å²) in [4.78, 5) is 44.4. The second-order valence-corrected chi connectivity index (χ2v) is 7.51. The first-order valence-electron chi connectivity index (χ1n) is 10.6. The number of nitrogens with zero attached hydrogens (tertiary/aromatic N) is 4. The van der Waals surface area contributed by atoms with Gasteiger partial charge in [0.2, 0.25) is 11.8 Å². The van der Waals surface area contributed by atoms with Crippen molar-refractivity contribution in [1.82, 2.24) is 19.9 Å². The maximum Gasteiger partial charge on any atom is 0.306 e. The Kier molecular flexibility index (Phi) is 7.80. The summed E-state index contributed by atoms with van der Waals surface area (Å²) in [5.41, 5.74) is 0.708. The van der Waals surface area contributed by atoms with Crippen LogP contribution < -0.4 is 4.74 Å². The third kappa shape index (κ3) is 5.83. The quantitative estimate of drug-likeness (QED) is 0.565. The van der Waals surface area contributed by atoms with Crippen LogP contribution in [0.4, 0.5) is 0 Å². The van der Waals surface area contributed by atoms with Gasteiger partial charge in [-0.3, -0.25) is 14.4 Å². The summed E-state index contributed by atoms with van der Waals surface area (Å²) in [5, 5.41) is 3.92. The van der Waals surface area contributed by atoms with Crippen LogP contribution in [0.25, 0.3) is 11.5 Å². The van der Waals surface area contributed by atoms with Crippen LogP contribution in [0.5, 0.6) is 5.75 Å². The van der Waals surface area contributed by atoms with E-state index in [9.17, 15) is 14.4 Å². The molecule has 1 atom stereocenters. The van der Waals surface area contributed by atoms with E-state index in [4.69, 9.17) is 14.0 Å². The third-order valence-electron chi connectivity index (χ3n) is 5.24. The molecular formula is C22H28N4O6. The predicted octanol–water partition coefficient (Wildman–Crippen LogP) is 1.69. The van der Waals surface area contributed by atoms with Crippen molar-refractivity contribution in [2.45, 2.75) is 39.2 Å². The highest BCUT2D eigenvalue weighted by Crippen LogP contribution is 2.22. The lowest BCUT2D eigenvalue weighted by Crippen LogP contribution is -2.55. The van der Waals surface area contributed by atoms with E-state index in [2.05, 4.69) is 10.1 Å². The first-order chi connectivity index (χ1) is 15.4. The number of ether oxygens (including phenoxy) is 2. The van der Waals surface area contributed by atoms with Crippen LogP contribution in [-0.2, 0) is 25.5 Å². The van der Waals surface area contributed by atoms with Gasteiger partial charge in [0, 0.05) is 37.7 Å². The Balaban J connectivity index is 1.52. The summed E-state index contributed by atoms with van der Waals surface area (Å²) < 4.78 is 15.4. The molecule has 10 nitrogen and oxygen atoms in total. The molecule has 3 rings (SSSR count). The van der Waals surface area contributed by atoms with Crippen molar-refractivity contribution in [2.75, 3.05) is 33.4 Å². The zero-order chi connectivity index (χ0) is 23.1. The van der Waals surface area contributed by atoms with Crippen molar-refractivity contribution >= 4 is 17.8 Å². The molecule has 2 amide bonds. The lowest BCUT2D eigenvalue weighted by atomic mass is 10.1. The summed E-state index contributed by atoms with van der Waals surface area (Å²) in [7, 11) is 1.58. The fourth-order valence-electron chi connectivity index (χ4n) is 3.59. The molecule has 1 aliphatic heterocycles. The minimum absolute atomic E-state index is 0.0109. The highest BCUT2D eigenvalue weighted by molar-refractivity contribution is 5.82. The molecule has 1 aromatic heterocycles. The van der Waals surface area contributed by atoms with E-state index in [1.807, 2.05) is 25.1 Å². The number of hydrogen-bond acceptors (Lipinski definition) is 8. The first kappa shape index (κ1) is 23.2. The van der Waals surface area contributed by atoms with Crippen molar-refractivity contribution < 1.29 is 28.4 Å². The Labute approximate surface area is 186 Å². The molecule has 2 aromatic rings. The van der Waals surface area contributed by atoms with Crippen LogP contribution in [0.15, 0.2) is 28.8 Å². The van der Waals surface area contributed by atoms with Gasteiger partial charge in [0.25, 0.3) is 5.89 Å². The molecule has 1 aromatic carbocycles. The molecule has 1 unspecified atom stereocenters. The van der Waals surface area contributed by atoms with Crippen molar-refractivity contribution in [3.8, 4) is 17.2 Å². The van der Waals surface area contributed by atoms with E-state index in [1.165, 1.54) is 0 Å². The minimum Gasteiger partial charge on any atom is -0.497 e. The highest BCUT2D eigenvalue weighted by Gasteiger charge is 2.30. The molecule has 2 heterocycles. The van der Waals surface area contributed by atoms with E-state index < -0.39 is 0 Å². The average molecular weight is 444 g/mol. The van der Waals surface area contributed by atoms with Gasteiger partial charge in [-0.2, -0.15) is 4.98 Å². The SMILES string of the molecule is CCOC(=O)CCC(=O)N1CCN(C(=O)Cc2noc(-c3cccc(OC)c3)n2)CC1C. The minimum atomic E-state index is -0.379. The summed E-state index contributed by atoms with van der Waals surface area (Å²) in [6, 6.07) is 7.07. The zero-order valence-electron chi connectivity index (χ0n) is 18.6. The first-order valence-corrected chi connectivity index (χ1v) is 10.6. The lowest BCUT2D eigenvalue weighted by Gasteiger charge is -2.39. The summed E-state index contributed by atoms with van der Waals surface area (Å²) in [6.45, 7) is 5.14. The number of carbonyl (C=O) groups is 3. The number of methoxy groups -OCH3 is 1. The van der Waals surface area contributed by atoms with Gasteiger partial charge in [-0.1, -0.05) is 11.2 Å². The molecule has 1 saturated heterocycles. The number of benzene rings is 1. The molecule has 1 aliphatic rings.